The maximum atomic E-state index is 11.1. The second-order valence-corrected chi connectivity index (χ2v) is 5.76. The molecule has 0 aromatic carbocycles. The summed E-state index contributed by atoms with van der Waals surface area (Å²) >= 11 is 0. The molecule has 0 aliphatic rings. The lowest BCUT2D eigenvalue weighted by atomic mass is 10.5. The molecule has 0 radical (unpaired) electrons. The minimum atomic E-state index is -4.28. The molecule has 22 heavy (non-hydrogen) atoms. The molecule has 0 unspecified atom stereocenters. The maximum Gasteiger partial charge on any atom is 0.899 e. The molecule has 0 saturated carbocycles. The largest absolute Gasteiger partial charge is 0.899 e. The van der Waals surface area contributed by atoms with Gasteiger partial charge in [0.25, 0.3) is 17.9 Å². The van der Waals surface area contributed by atoms with Crippen LogP contribution in [0.4, 0.5) is 0 Å². The van der Waals surface area contributed by atoms with Crippen molar-refractivity contribution in [1.82, 2.24) is 0 Å². The predicted molar refractivity (Wildman–Crippen MR) is 72.8 cm³/mol. The lowest BCUT2D eigenvalue weighted by Crippen LogP contribution is -2.52. The van der Waals surface area contributed by atoms with Crippen LogP contribution >= 0.6 is 0 Å². The molecule has 0 heterocycles. The number of carbonyl (C=O) groups is 4. The first-order valence-electron chi connectivity index (χ1n) is 6.22. The summed E-state index contributed by atoms with van der Waals surface area (Å²) in [5.74, 6) is -3.13. The summed E-state index contributed by atoms with van der Waals surface area (Å²) in [6, 6.07) is 0. The van der Waals surface area contributed by atoms with E-state index in [9.17, 15) is 19.2 Å². The van der Waals surface area contributed by atoms with Crippen LogP contribution in [0, 0.1) is 0 Å². The van der Waals surface area contributed by atoms with Gasteiger partial charge in [0.2, 0.25) is 0 Å². The Morgan fingerprint density at radius 3 is 1.73 bits per heavy atom. The number of esters is 1. The summed E-state index contributed by atoms with van der Waals surface area (Å²) in [7, 11) is -4.28. The molecule has 0 spiro atoms. The van der Waals surface area contributed by atoms with Crippen molar-refractivity contribution in [3.8, 4) is 0 Å². The summed E-state index contributed by atoms with van der Waals surface area (Å²) in [5.41, 5.74) is 0. The first kappa shape index (κ1) is 19.8. The van der Waals surface area contributed by atoms with Crippen LogP contribution in [0.3, 0.4) is 0 Å². The van der Waals surface area contributed by atoms with Crippen LogP contribution in [0.5, 0.6) is 0 Å². The molecule has 0 rings (SSSR count). The van der Waals surface area contributed by atoms with E-state index in [-0.39, 0.29) is 19.6 Å². The first-order valence-corrected chi connectivity index (χ1v) is 7.86. The minimum Gasteiger partial charge on any atom is -0.462 e. The second kappa shape index (κ2) is 9.68. The zero-order valence-electron chi connectivity index (χ0n) is 12.6. The Balaban J connectivity index is 4.70. The molecule has 0 atom stereocenters. The SMILES string of the molecule is C=CC(=O)OCCCO[Si](OC(C)=O)(OC(C)=O)OC(C)=O. The Bertz CT molecular complexity index is 405. The molecular formula is C12H18O9Si. The van der Waals surface area contributed by atoms with E-state index in [2.05, 4.69) is 6.58 Å². The van der Waals surface area contributed by atoms with E-state index >= 15 is 0 Å². The van der Waals surface area contributed by atoms with Gasteiger partial charge in [0, 0.05) is 39.9 Å². The Morgan fingerprint density at radius 1 is 0.909 bits per heavy atom. The molecule has 10 heteroatoms. The van der Waals surface area contributed by atoms with E-state index in [1.165, 1.54) is 0 Å². The van der Waals surface area contributed by atoms with Crippen molar-refractivity contribution < 1.29 is 41.6 Å². The fourth-order valence-corrected chi connectivity index (χ4v) is 2.92. The van der Waals surface area contributed by atoms with Crippen molar-refractivity contribution in [2.45, 2.75) is 27.2 Å². The Kier molecular flexibility index (Phi) is 8.71. The number of hydrogen-bond donors (Lipinski definition) is 0. The van der Waals surface area contributed by atoms with E-state index in [4.69, 9.17) is 22.4 Å². The smallest absolute Gasteiger partial charge is 0.462 e. The van der Waals surface area contributed by atoms with E-state index in [1.807, 2.05) is 0 Å². The molecule has 0 aromatic heterocycles. The second-order valence-electron chi connectivity index (χ2n) is 3.85. The molecule has 0 fully saturated rings. The molecule has 0 amide bonds. The van der Waals surface area contributed by atoms with Crippen molar-refractivity contribution in [2.75, 3.05) is 13.2 Å². The van der Waals surface area contributed by atoms with Gasteiger partial charge < -0.3 is 22.4 Å². The third kappa shape index (κ3) is 8.87. The van der Waals surface area contributed by atoms with E-state index in [1.54, 1.807) is 0 Å². The average Bonchev–Trinajstić information content (AvgIpc) is 2.35. The van der Waals surface area contributed by atoms with E-state index in [0.717, 1.165) is 26.8 Å². The van der Waals surface area contributed by atoms with Gasteiger partial charge in [0.05, 0.1) is 6.61 Å². The number of carbonyl (C=O) groups excluding carboxylic acids is 4. The Labute approximate surface area is 128 Å². The topological polar surface area (TPSA) is 114 Å². The zero-order valence-corrected chi connectivity index (χ0v) is 13.6. The van der Waals surface area contributed by atoms with Gasteiger partial charge in [0.1, 0.15) is 0 Å². The van der Waals surface area contributed by atoms with Crippen LogP contribution in [0.1, 0.15) is 27.2 Å². The van der Waals surface area contributed by atoms with Gasteiger partial charge in [-0.2, -0.15) is 0 Å². The van der Waals surface area contributed by atoms with Gasteiger partial charge in [-0.3, -0.25) is 14.4 Å². The quantitative estimate of drug-likeness (QED) is 0.253. The Morgan fingerprint density at radius 2 is 1.36 bits per heavy atom. The summed E-state index contributed by atoms with van der Waals surface area (Å²) in [4.78, 5) is 44.2. The number of rotatable bonds is 9. The lowest BCUT2D eigenvalue weighted by Gasteiger charge is -2.24. The van der Waals surface area contributed by atoms with Crippen molar-refractivity contribution in [1.29, 1.82) is 0 Å². The fraction of sp³-hybridized carbons (Fsp3) is 0.500. The van der Waals surface area contributed by atoms with Crippen LogP contribution in [0.25, 0.3) is 0 Å². The zero-order chi connectivity index (χ0) is 17.2. The molecule has 0 bridgehead atoms. The van der Waals surface area contributed by atoms with Gasteiger partial charge in [-0.25, -0.2) is 4.79 Å². The van der Waals surface area contributed by atoms with Gasteiger partial charge in [-0.15, -0.1) is 0 Å². The molecule has 124 valence electrons. The number of ether oxygens (including phenoxy) is 1. The predicted octanol–water partition coefficient (Wildman–Crippen LogP) is 0.247. The molecule has 0 aromatic rings. The van der Waals surface area contributed by atoms with Gasteiger partial charge in [-0.05, 0) is 0 Å². The highest BCUT2D eigenvalue weighted by molar-refractivity contribution is 6.59. The maximum absolute atomic E-state index is 11.1. The highest BCUT2D eigenvalue weighted by Crippen LogP contribution is 2.14. The lowest BCUT2D eigenvalue weighted by molar-refractivity contribution is -0.156. The van der Waals surface area contributed by atoms with E-state index in [0.29, 0.717) is 0 Å². The standard InChI is InChI=1S/C12H18O9Si/c1-5-12(16)17-7-6-8-18-22(19-9(2)13,20-10(3)14)21-11(4)15/h5H,1,6-8H2,2-4H3. The highest BCUT2D eigenvalue weighted by atomic mass is 28.4. The average molecular weight is 334 g/mol. The molecule has 9 nitrogen and oxygen atoms in total. The van der Waals surface area contributed by atoms with Gasteiger partial charge in [0.15, 0.2) is 0 Å². The Hall–Kier alpha value is -2.20. The van der Waals surface area contributed by atoms with Crippen molar-refractivity contribution >= 4 is 32.9 Å². The number of hydrogen-bond acceptors (Lipinski definition) is 9. The van der Waals surface area contributed by atoms with Crippen LogP contribution in [-0.4, -0.2) is 46.1 Å². The van der Waals surface area contributed by atoms with Crippen LogP contribution in [0.15, 0.2) is 12.7 Å². The highest BCUT2D eigenvalue weighted by Gasteiger charge is 2.57. The summed E-state index contributed by atoms with van der Waals surface area (Å²) in [5, 5.41) is 0. The molecule has 0 aliphatic carbocycles. The van der Waals surface area contributed by atoms with Crippen molar-refractivity contribution in [2.24, 2.45) is 0 Å². The first-order chi connectivity index (χ1) is 10.2. The third-order valence-electron chi connectivity index (χ3n) is 1.78. The monoisotopic (exact) mass is 334 g/mol. The summed E-state index contributed by atoms with van der Waals surface area (Å²) < 4.78 is 24.2. The van der Waals surface area contributed by atoms with Crippen molar-refractivity contribution in [3.05, 3.63) is 12.7 Å². The minimum absolute atomic E-state index is 0.00442. The van der Waals surface area contributed by atoms with E-state index < -0.39 is 32.9 Å². The van der Waals surface area contributed by atoms with Crippen LogP contribution < -0.4 is 0 Å². The summed E-state index contributed by atoms with van der Waals surface area (Å²) in [6.45, 7) is 6.22. The molecule has 0 aliphatic heterocycles. The molecular weight excluding hydrogens is 316 g/mol. The van der Waals surface area contributed by atoms with Gasteiger partial charge >= 0.3 is 15.0 Å². The van der Waals surface area contributed by atoms with Gasteiger partial charge in [-0.1, -0.05) is 6.58 Å². The normalized spacial score (nSPS) is 10.3. The van der Waals surface area contributed by atoms with Crippen LogP contribution in [-0.2, 0) is 41.6 Å². The molecule has 0 saturated heterocycles. The molecule has 0 N–H and O–H groups in total. The fourth-order valence-electron chi connectivity index (χ4n) is 1.17. The van der Waals surface area contributed by atoms with Crippen molar-refractivity contribution in [3.63, 3.8) is 0 Å². The third-order valence-corrected chi connectivity index (χ3v) is 3.95. The summed E-state index contributed by atoms with van der Waals surface area (Å²) in [6.07, 6.45) is 1.19. The van der Waals surface area contributed by atoms with Crippen LogP contribution in [0.2, 0.25) is 0 Å².